The lowest BCUT2D eigenvalue weighted by Crippen LogP contribution is -2.15. The van der Waals surface area contributed by atoms with Crippen LogP contribution in [0, 0.1) is 0 Å². The Morgan fingerprint density at radius 3 is 2.14 bits per heavy atom. The summed E-state index contributed by atoms with van der Waals surface area (Å²) in [5.41, 5.74) is 13.6. The van der Waals surface area contributed by atoms with E-state index in [1.54, 1.807) is 11.3 Å². The van der Waals surface area contributed by atoms with Crippen molar-refractivity contribution in [3.05, 3.63) is 157 Å². The van der Waals surface area contributed by atoms with Crippen molar-refractivity contribution in [3.8, 4) is 43.4 Å². The molecule has 2 heterocycles. The molecule has 0 radical (unpaired) electrons. The lowest BCUT2D eigenvalue weighted by molar-refractivity contribution is 0.660. The molecule has 7 aromatic carbocycles. The summed E-state index contributed by atoms with van der Waals surface area (Å²) in [6.45, 7) is 4.69. The monoisotopic (exact) mass is 674 g/mol. The summed E-state index contributed by atoms with van der Waals surface area (Å²) >= 11 is 3.66. The second kappa shape index (κ2) is 10.2. The number of anilines is 3. The van der Waals surface area contributed by atoms with E-state index in [1.165, 1.54) is 69.2 Å². The van der Waals surface area contributed by atoms with Gasteiger partial charge in [0, 0.05) is 59.3 Å². The largest absolute Gasteiger partial charge is 0.310 e. The van der Waals surface area contributed by atoms with E-state index in [-0.39, 0.29) is 5.41 Å². The number of nitrogens with zero attached hydrogens (tertiary/aromatic N) is 2. The number of hydrogen-bond donors (Lipinski definition) is 0. The summed E-state index contributed by atoms with van der Waals surface area (Å²) in [7, 11) is 0. The molecule has 0 atom stereocenters. The predicted octanol–water partition coefficient (Wildman–Crippen LogP) is 13.8. The Hall–Kier alpha value is -5.55. The molecule has 2 aliphatic carbocycles. The minimum atomic E-state index is -0.0438. The van der Waals surface area contributed by atoms with Crippen LogP contribution in [0.25, 0.3) is 74.3 Å². The molecule has 0 unspecified atom stereocenters. The van der Waals surface area contributed by atoms with Crippen LogP contribution in [-0.4, -0.2) is 4.98 Å². The summed E-state index contributed by atoms with van der Waals surface area (Å²) in [6.07, 6.45) is 0. The highest BCUT2D eigenvalue weighted by Gasteiger charge is 2.35. The van der Waals surface area contributed by atoms with Crippen LogP contribution in [0.2, 0.25) is 0 Å². The average Bonchev–Trinajstić information content (AvgIpc) is 3.89. The van der Waals surface area contributed by atoms with Crippen LogP contribution in [0.5, 0.6) is 0 Å². The second-order valence-electron chi connectivity index (χ2n) is 14.0. The molecule has 11 rings (SSSR count). The number of benzene rings is 7. The number of thiophene rings is 1. The molecule has 2 nitrogen and oxygen atoms in total. The quantitative estimate of drug-likeness (QED) is 0.185. The van der Waals surface area contributed by atoms with E-state index >= 15 is 0 Å². The van der Waals surface area contributed by atoms with Gasteiger partial charge in [0.2, 0.25) is 0 Å². The van der Waals surface area contributed by atoms with E-state index in [0.717, 1.165) is 33.3 Å². The lowest BCUT2D eigenvalue weighted by atomic mass is 9.82. The fraction of sp³-hybridized carbons (Fsp3) is 0.0652. The maximum atomic E-state index is 5.30. The lowest BCUT2D eigenvalue weighted by Gasteiger charge is -2.27. The van der Waals surface area contributed by atoms with Crippen molar-refractivity contribution < 1.29 is 0 Å². The SMILES string of the molecule is CC1(C)c2ccccc2-c2cc(N(c3cccc(-c4nc5c(s4)-c4cccc6cccc-5c46)c3)c3ccc4sc5ccccc5c4c3)ccc21. The first-order valence-corrected chi connectivity index (χ1v) is 18.8. The van der Waals surface area contributed by atoms with Gasteiger partial charge in [-0.25, -0.2) is 4.98 Å². The van der Waals surface area contributed by atoms with Crippen LogP contribution in [0.1, 0.15) is 25.0 Å². The van der Waals surface area contributed by atoms with E-state index in [2.05, 4.69) is 164 Å². The zero-order valence-corrected chi connectivity index (χ0v) is 29.2. The molecule has 0 fully saturated rings. The number of fused-ring (bicyclic) bond motifs is 9. The first-order chi connectivity index (χ1) is 24.5. The first kappa shape index (κ1) is 28.3. The molecule has 0 bridgehead atoms. The maximum absolute atomic E-state index is 5.30. The van der Waals surface area contributed by atoms with Crippen LogP contribution in [0.4, 0.5) is 17.1 Å². The van der Waals surface area contributed by atoms with Crippen LogP contribution in [0.3, 0.4) is 0 Å². The molecule has 0 spiro atoms. The van der Waals surface area contributed by atoms with Crippen molar-refractivity contribution in [3.63, 3.8) is 0 Å². The van der Waals surface area contributed by atoms with Crippen LogP contribution in [-0.2, 0) is 5.41 Å². The molecular weight excluding hydrogens is 645 g/mol. The Labute approximate surface area is 298 Å². The molecule has 0 amide bonds. The molecule has 236 valence electrons. The zero-order chi connectivity index (χ0) is 33.1. The van der Waals surface area contributed by atoms with Gasteiger partial charge in [-0.15, -0.1) is 22.7 Å². The van der Waals surface area contributed by atoms with E-state index < -0.39 is 0 Å². The normalized spacial score (nSPS) is 13.6. The van der Waals surface area contributed by atoms with Gasteiger partial charge in [-0.2, -0.15) is 0 Å². The topological polar surface area (TPSA) is 16.1 Å². The molecule has 0 aliphatic heterocycles. The number of thiazole rings is 1. The summed E-state index contributed by atoms with van der Waals surface area (Å²) in [5.74, 6) is 0. The van der Waals surface area contributed by atoms with Gasteiger partial charge in [-0.1, -0.05) is 111 Å². The summed E-state index contributed by atoms with van der Waals surface area (Å²) < 4.78 is 2.62. The molecule has 9 aromatic rings. The van der Waals surface area contributed by atoms with Crippen LogP contribution < -0.4 is 4.90 Å². The second-order valence-corrected chi connectivity index (χ2v) is 16.1. The van der Waals surface area contributed by atoms with Crippen molar-refractivity contribution >= 4 is 70.7 Å². The minimum Gasteiger partial charge on any atom is -0.310 e. The van der Waals surface area contributed by atoms with Gasteiger partial charge < -0.3 is 4.90 Å². The summed E-state index contributed by atoms with van der Waals surface area (Å²) in [6, 6.07) is 53.8. The zero-order valence-electron chi connectivity index (χ0n) is 27.6. The summed E-state index contributed by atoms with van der Waals surface area (Å²) in [5, 5.41) is 6.25. The van der Waals surface area contributed by atoms with Crippen molar-refractivity contribution in [2.24, 2.45) is 0 Å². The molecule has 2 aromatic heterocycles. The van der Waals surface area contributed by atoms with Gasteiger partial charge in [-0.05, 0) is 81.6 Å². The highest BCUT2D eigenvalue weighted by molar-refractivity contribution is 7.25. The van der Waals surface area contributed by atoms with E-state index in [4.69, 9.17) is 4.98 Å². The van der Waals surface area contributed by atoms with Gasteiger partial charge in [0.05, 0.1) is 10.6 Å². The Morgan fingerprint density at radius 2 is 1.22 bits per heavy atom. The molecule has 0 saturated carbocycles. The van der Waals surface area contributed by atoms with Crippen molar-refractivity contribution in [1.29, 1.82) is 0 Å². The molecule has 2 aliphatic rings. The number of aromatic nitrogens is 1. The third kappa shape index (κ3) is 3.92. The van der Waals surface area contributed by atoms with Crippen molar-refractivity contribution in [1.82, 2.24) is 4.98 Å². The van der Waals surface area contributed by atoms with E-state index in [0.29, 0.717) is 0 Å². The summed E-state index contributed by atoms with van der Waals surface area (Å²) in [4.78, 5) is 9.00. The van der Waals surface area contributed by atoms with Gasteiger partial charge in [0.1, 0.15) is 5.01 Å². The third-order valence-electron chi connectivity index (χ3n) is 10.8. The molecule has 0 N–H and O–H groups in total. The van der Waals surface area contributed by atoms with Crippen LogP contribution >= 0.6 is 22.7 Å². The molecule has 4 heteroatoms. The fourth-order valence-electron chi connectivity index (χ4n) is 8.46. The Kier molecular flexibility index (Phi) is 5.80. The Bertz CT molecular complexity index is 2820. The fourth-order valence-corrected chi connectivity index (χ4v) is 10.7. The van der Waals surface area contributed by atoms with Gasteiger partial charge in [0.25, 0.3) is 0 Å². The minimum absolute atomic E-state index is 0.0438. The first-order valence-electron chi connectivity index (χ1n) is 17.1. The highest BCUT2D eigenvalue weighted by atomic mass is 32.1. The van der Waals surface area contributed by atoms with Crippen LogP contribution in [0.15, 0.2) is 146 Å². The Balaban J connectivity index is 1.09. The van der Waals surface area contributed by atoms with E-state index in [1.807, 2.05) is 11.3 Å². The average molecular weight is 675 g/mol. The van der Waals surface area contributed by atoms with Gasteiger partial charge in [0.15, 0.2) is 0 Å². The molecule has 50 heavy (non-hydrogen) atoms. The van der Waals surface area contributed by atoms with Gasteiger partial charge >= 0.3 is 0 Å². The highest BCUT2D eigenvalue weighted by Crippen LogP contribution is 2.53. The molecule has 0 saturated heterocycles. The molecular formula is C46H30N2S2. The predicted molar refractivity (Wildman–Crippen MR) is 215 cm³/mol. The number of rotatable bonds is 4. The van der Waals surface area contributed by atoms with Gasteiger partial charge in [-0.3, -0.25) is 0 Å². The third-order valence-corrected chi connectivity index (χ3v) is 13.1. The number of hydrogen-bond acceptors (Lipinski definition) is 4. The smallest absolute Gasteiger partial charge is 0.124 e. The maximum Gasteiger partial charge on any atom is 0.124 e. The standard InChI is InChI=1S/C46H30N2S2/c1-46(2)38-18-5-3-14-32(38)36-25-30(20-22-39(36)46)48(31-21-23-41-37(26-31)33-15-4-6-19-40(33)49-41)29-13-7-12-28(24-29)45-47-43-34-16-8-10-27-11-9-17-35(42(27)34)44(43)50-45/h3-26H,1-2H3. The van der Waals surface area contributed by atoms with Crippen molar-refractivity contribution in [2.45, 2.75) is 19.3 Å². The van der Waals surface area contributed by atoms with Crippen molar-refractivity contribution in [2.75, 3.05) is 4.90 Å². The Morgan fingerprint density at radius 1 is 0.520 bits per heavy atom. The van der Waals surface area contributed by atoms with E-state index in [9.17, 15) is 0 Å².